The Hall–Kier alpha value is -2.79. The lowest BCUT2D eigenvalue weighted by molar-refractivity contribution is -0.125. The molecule has 0 aliphatic heterocycles. The monoisotopic (exact) mass is 447 g/mol. The summed E-state index contributed by atoms with van der Waals surface area (Å²) in [6.45, 7) is 11.6. The van der Waals surface area contributed by atoms with E-state index < -0.39 is 23.4 Å². The van der Waals surface area contributed by atoms with E-state index in [-0.39, 0.29) is 22.6 Å². The highest BCUT2D eigenvalue weighted by atomic mass is 35.5. The van der Waals surface area contributed by atoms with E-state index >= 15 is 0 Å². The number of carbonyl (C=O) groups excluding carboxylic acids is 2. The quantitative estimate of drug-likeness (QED) is 0.374. The fourth-order valence-electron chi connectivity index (χ4n) is 2.92. The molecule has 1 N–H and O–H groups in total. The van der Waals surface area contributed by atoms with Crippen LogP contribution in [0.4, 0.5) is 8.78 Å². The predicted molar refractivity (Wildman–Crippen MR) is 123 cm³/mol. The molecule has 0 aromatic heterocycles. The van der Waals surface area contributed by atoms with E-state index in [1.54, 1.807) is 24.3 Å². The first-order valence-corrected chi connectivity index (χ1v) is 10.6. The Morgan fingerprint density at radius 3 is 2.13 bits per heavy atom. The van der Waals surface area contributed by atoms with Crippen LogP contribution in [0.15, 0.2) is 54.6 Å². The molecule has 0 saturated carbocycles. The Balaban J connectivity index is 0.00000233. The molecule has 6 heteroatoms. The molecule has 0 aliphatic rings. The molecule has 0 atom stereocenters. The number of amides is 2. The summed E-state index contributed by atoms with van der Waals surface area (Å²) in [5.41, 5.74) is 0.610. The lowest BCUT2D eigenvalue weighted by Crippen LogP contribution is -2.34. The van der Waals surface area contributed by atoms with Gasteiger partial charge >= 0.3 is 0 Å². The largest absolute Gasteiger partial charge is 0.288 e. The van der Waals surface area contributed by atoms with Gasteiger partial charge in [-0.05, 0) is 54.7 Å². The number of rotatable bonds is 7. The van der Waals surface area contributed by atoms with Gasteiger partial charge in [-0.15, -0.1) is 0 Å². The first kappa shape index (κ1) is 26.2. The summed E-state index contributed by atoms with van der Waals surface area (Å²) in [5, 5.41) is 2.77. The van der Waals surface area contributed by atoms with Crippen molar-refractivity contribution in [2.24, 2.45) is 5.92 Å². The maximum absolute atomic E-state index is 14.4. The van der Waals surface area contributed by atoms with Crippen molar-refractivity contribution in [3.05, 3.63) is 82.4 Å². The van der Waals surface area contributed by atoms with Gasteiger partial charge in [0.25, 0.3) is 11.8 Å². The molecular formula is C25H28ClF2NO2. The number of benzene rings is 2. The molecule has 0 radical (unpaired) electrons. The number of halogens is 3. The van der Waals surface area contributed by atoms with Gasteiger partial charge in [0.2, 0.25) is 0 Å². The first-order valence-electron chi connectivity index (χ1n) is 10.2. The molecule has 0 heterocycles. The highest BCUT2D eigenvalue weighted by molar-refractivity contribution is 6.31. The Labute approximate surface area is 187 Å². The summed E-state index contributed by atoms with van der Waals surface area (Å²) < 4.78 is 27.7. The molecule has 0 aliphatic carbocycles. The SMILES string of the molecule is C=C(C(=O)NC(=O)/C(=C/c1ccc(Cl)cc1)c1ccc(F)cc1F)C(CC)CC.CC. The molecule has 0 fully saturated rings. The Morgan fingerprint density at radius 1 is 1.03 bits per heavy atom. The second kappa shape index (κ2) is 12.8. The van der Waals surface area contributed by atoms with Crippen molar-refractivity contribution in [3.63, 3.8) is 0 Å². The molecule has 31 heavy (non-hydrogen) atoms. The van der Waals surface area contributed by atoms with Crippen LogP contribution in [-0.2, 0) is 9.59 Å². The van der Waals surface area contributed by atoms with Crippen LogP contribution in [0.25, 0.3) is 11.6 Å². The molecule has 3 nitrogen and oxygen atoms in total. The predicted octanol–water partition coefficient (Wildman–Crippen LogP) is 6.82. The van der Waals surface area contributed by atoms with Gasteiger partial charge < -0.3 is 0 Å². The highest BCUT2D eigenvalue weighted by Gasteiger charge is 2.22. The van der Waals surface area contributed by atoms with E-state index in [9.17, 15) is 18.4 Å². The molecule has 0 saturated heterocycles. The van der Waals surface area contributed by atoms with Gasteiger partial charge in [-0.3, -0.25) is 14.9 Å². The lowest BCUT2D eigenvalue weighted by Gasteiger charge is -2.16. The molecule has 0 unspecified atom stereocenters. The Kier molecular flexibility index (Phi) is 10.8. The number of carbonyl (C=O) groups is 2. The summed E-state index contributed by atoms with van der Waals surface area (Å²) in [5.74, 6) is -3.16. The van der Waals surface area contributed by atoms with Crippen LogP contribution >= 0.6 is 11.6 Å². The van der Waals surface area contributed by atoms with Crippen LogP contribution in [0.5, 0.6) is 0 Å². The van der Waals surface area contributed by atoms with Crippen molar-refractivity contribution >= 4 is 35.1 Å². The summed E-state index contributed by atoms with van der Waals surface area (Å²) in [4.78, 5) is 25.3. The van der Waals surface area contributed by atoms with Gasteiger partial charge in [-0.25, -0.2) is 8.78 Å². The van der Waals surface area contributed by atoms with Crippen molar-refractivity contribution in [2.75, 3.05) is 0 Å². The van der Waals surface area contributed by atoms with E-state index in [2.05, 4.69) is 11.9 Å². The van der Waals surface area contributed by atoms with Gasteiger partial charge in [0.15, 0.2) is 0 Å². The maximum Gasteiger partial charge on any atom is 0.258 e. The molecule has 0 bridgehead atoms. The van der Waals surface area contributed by atoms with Crippen molar-refractivity contribution in [2.45, 2.75) is 40.5 Å². The van der Waals surface area contributed by atoms with Gasteiger partial charge in [0.05, 0.1) is 5.57 Å². The third-order valence-electron chi connectivity index (χ3n) is 4.64. The molecular weight excluding hydrogens is 420 g/mol. The molecule has 0 spiro atoms. The van der Waals surface area contributed by atoms with Crippen molar-refractivity contribution in [1.29, 1.82) is 0 Å². The third kappa shape index (κ3) is 7.44. The minimum Gasteiger partial charge on any atom is -0.288 e. The van der Waals surface area contributed by atoms with E-state index in [4.69, 9.17) is 11.6 Å². The van der Waals surface area contributed by atoms with Crippen LogP contribution < -0.4 is 5.32 Å². The van der Waals surface area contributed by atoms with Gasteiger partial charge in [0, 0.05) is 22.2 Å². The fraction of sp³-hybridized carbons (Fsp3) is 0.280. The second-order valence-electron chi connectivity index (χ2n) is 6.56. The standard InChI is InChI=1S/C23H22ClF2NO2.C2H6/c1-4-16(5-2)14(3)22(28)27-23(29)20(12-15-6-8-17(24)9-7-15)19-11-10-18(25)13-21(19)26;1-2/h6-13,16H,3-5H2,1-2H3,(H,27,28,29);1-2H3/b20-12+;. The van der Waals surface area contributed by atoms with Crippen LogP contribution in [0, 0.1) is 17.6 Å². The Bertz CT molecular complexity index is 948. The number of hydrogen-bond donors (Lipinski definition) is 1. The van der Waals surface area contributed by atoms with E-state index in [1.807, 2.05) is 27.7 Å². The van der Waals surface area contributed by atoms with Gasteiger partial charge in [0.1, 0.15) is 11.6 Å². The molecule has 2 rings (SSSR count). The van der Waals surface area contributed by atoms with Crippen LogP contribution in [0.3, 0.4) is 0 Å². The lowest BCUT2D eigenvalue weighted by atomic mass is 9.94. The number of hydrogen-bond acceptors (Lipinski definition) is 2. The van der Waals surface area contributed by atoms with Crippen LogP contribution in [-0.4, -0.2) is 11.8 Å². The van der Waals surface area contributed by atoms with E-state index in [0.29, 0.717) is 29.5 Å². The molecule has 2 aromatic carbocycles. The van der Waals surface area contributed by atoms with Crippen LogP contribution in [0.1, 0.15) is 51.7 Å². The zero-order valence-corrected chi connectivity index (χ0v) is 19.0. The fourth-order valence-corrected chi connectivity index (χ4v) is 3.04. The number of imide groups is 1. The average molecular weight is 448 g/mol. The summed E-state index contributed by atoms with van der Waals surface area (Å²) in [6.07, 6.45) is 2.82. The first-order chi connectivity index (χ1) is 14.8. The second-order valence-corrected chi connectivity index (χ2v) is 6.99. The van der Waals surface area contributed by atoms with Crippen molar-refractivity contribution in [1.82, 2.24) is 5.32 Å². The van der Waals surface area contributed by atoms with Gasteiger partial charge in [-0.2, -0.15) is 0 Å². The minimum absolute atomic E-state index is 0.0611. The summed E-state index contributed by atoms with van der Waals surface area (Å²) in [7, 11) is 0. The number of nitrogens with one attached hydrogen (secondary N) is 1. The third-order valence-corrected chi connectivity index (χ3v) is 4.90. The molecule has 2 amide bonds. The Morgan fingerprint density at radius 2 is 1.61 bits per heavy atom. The molecule has 166 valence electrons. The van der Waals surface area contributed by atoms with Crippen molar-refractivity contribution < 1.29 is 18.4 Å². The van der Waals surface area contributed by atoms with Gasteiger partial charge in [-0.1, -0.05) is 58.0 Å². The molecule has 2 aromatic rings. The van der Waals surface area contributed by atoms with E-state index in [0.717, 1.165) is 12.1 Å². The summed E-state index contributed by atoms with van der Waals surface area (Å²) in [6, 6.07) is 9.40. The topological polar surface area (TPSA) is 46.2 Å². The van der Waals surface area contributed by atoms with Crippen molar-refractivity contribution in [3.8, 4) is 0 Å². The highest BCUT2D eigenvalue weighted by Crippen LogP contribution is 2.24. The smallest absolute Gasteiger partial charge is 0.258 e. The maximum atomic E-state index is 14.4. The zero-order valence-electron chi connectivity index (χ0n) is 18.3. The van der Waals surface area contributed by atoms with Crippen LogP contribution in [0.2, 0.25) is 5.02 Å². The zero-order chi connectivity index (χ0) is 23.6. The van der Waals surface area contributed by atoms with E-state index in [1.165, 1.54) is 6.08 Å². The average Bonchev–Trinajstić information content (AvgIpc) is 2.76. The minimum atomic E-state index is -0.911. The summed E-state index contributed by atoms with van der Waals surface area (Å²) >= 11 is 5.88. The normalized spacial score (nSPS) is 10.9.